The topological polar surface area (TPSA) is 52.7 Å². The molecule has 1 aromatic carbocycles. The minimum absolute atomic E-state index is 0.0521. The van der Waals surface area contributed by atoms with E-state index in [0.717, 1.165) is 0 Å². The van der Waals surface area contributed by atoms with Crippen molar-refractivity contribution in [3.8, 4) is 0 Å². The lowest BCUT2D eigenvalue weighted by atomic mass is 10.1. The lowest BCUT2D eigenvalue weighted by molar-refractivity contribution is -0.136. The Morgan fingerprint density at radius 1 is 1.08 bits per heavy atom. The van der Waals surface area contributed by atoms with Gasteiger partial charge in [0.05, 0.1) is 13.1 Å². The van der Waals surface area contributed by atoms with E-state index in [1.165, 1.54) is 10.5 Å². The Balaban J connectivity index is 2.60. The summed E-state index contributed by atoms with van der Waals surface area (Å²) in [6.07, 6.45) is 0. The van der Waals surface area contributed by atoms with Gasteiger partial charge in [0.2, 0.25) is 11.8 Å². The number of carbonyl (C=O) groups is 2. The summed E-state index contributed by atoms with van der Waals surface area (Å²) in [7, 11) is 1.67. The van der Waals surface area contributed by atoms with Crippen LogP contribution in [0.15, 0.2) is 30.3 Å². The predicted octanol–water partition coefficient (Wildman–Crippen LogP) is 2.27. The van der Waals surface area contributed by atoms with Crippen molar-refractivity contribution in [2.75, 3.05) is 20.1 Å². The molecule has 134 valence electrons. The largest absolute Gasteiger partial charge is 0.350 e. The van der Waals surface area contributed by atoms with E-state index in [1.54, 1.807) is 7.05 Å². The first-order chi connectivity index (χ1) is 11.1. The zero-order chi connectivity index (χ0) is 18.3. The van der Waals surface area contributed by atoms with Crippen molar-refractivity contribution in [1.82, 2.24) is 15.1 Å². The number of rotatable bonds is 7. The molecule has 0 fully saturated rings. The van der Waals surface area contributed by atoms with E-state index < -0.39 is 0 Å². The molecule has 0 radical (unpaired) electrons. The molecule has 0 aliphatic heterocycles. The van der Waals surface area contributed by atoms with Crippen molar-refractivity contribution in [2.24, 2.45) is 0 Å². The number of likely N-dealkylation sites (N-methyl/N-ethyl adjacent to an activating group) is 1. The van der Waals surface area contributed by atoms with Gasteiger partial charge in [-0.25, -0.2) is 0 Å². The van der Waals surface area contributed by atoms with Crippen LogP contribution in [0.2, 0.25) is 0 Å². The van der Waals surface area contributed by atoms with Crippen LogP contribution in [0.3, 0.4) is 0 Å². The second-order valence-corrected chi connectivity index (χ2v) is 7.53. The molecule has 0 aliphatic rings. The molecule has 0 spiro atoms. The molecular formula is C19H31N3O2. The molecule has 0 aromatic heterocycles. The van der Waals surface area contributed by atoms with Crippen LogP contribution in [0, 0.1) is 0 Å². The summed E-state index contributed by atoms with van der Waals surface area (Å²) in [6.45, 7) is 11.0. The van der Waals surface area contributed by atoms with Gasteiger partial charge in [-0.2, -0.15) is 0 Å². The third kappa shape index (κ3) is 7.59. The maximum absolute atomic E-state index is 12.5. The Labute approximate surface area is 146 Å². The van der Waals surface area contributed by atoms with E-state index in [9.17, 15) is 9.59 Å². The molecule has 5 heteroatoms. The first-order valence-electron chi connectivity index (χ1n) is 8.41. The van der Waals surface area contributed by atoms with Crippen LogP contribution in [-0.2, 0) is 16.1 Å². The van der Waals surface area contributed by atoms with Crippen molar-refractivity contribution in [2.45, 2.75) is 52.7 Å². The Kier molecular flexibility index (Phi) is 7.42. The highest BCUT2D eigenvalue weighted by Crippen LogP contribution is 2.08. The van der Waals surface area contributed by atoms with E-state index in [4.69, 9.17) is 0 Å². The monoisotopic (exact) mass is 333 g/mol. The fraction of sp³-hybridized carbons (Fsp3) is 0.579. The van der Waals surface area contributed by atoms with Crippen LogP contribution in [0.4, 0.5) is 0 Å². The first kappa shape index (κ1) is 20.2. The quantitative estimate of drug-likeness (QED) is 0.833. The summed E-state index contributed by atoms with van der Waals surface area (Å²) in [4.78, 5) is 28.0. The highest BCUT2D eigenvalue weighted by Gasteiger charge is 2.20. The normalized spacial score (nSPS) is 11.7. The van der Waals surface area contributed by atoms with Gasteiger partial charge in [-0.3, -0.25) is 14.5 Å². The summed E-state index contributed by atoms with van der Waals surface area (Å²) in [5.74, 6) is -0.193. The predicted molar refractivity (Wildman–Crippen MR) is 97.5 cm³/mol. The molecule has 5 nitrogen and oxygen atoms in total. The third-order valence-corrected chi connectivity index (χ3v) is 3.62. The number of amides is 2. The Bertz CT molecular complexity index is 535. The molecule has 0 atom stereocenters. The van der Waals surface area contributed by atoms with Crippen molar-refractivity contribution in [3.63, 3.8) is 0 Å². The van der Waals surface area contributed by atoms with Gasteiger partial charge in [-0.05, 0) is 40.2 Å². The molecule has 0 saturated heterocycles. The van der Waals surface area contributed by atoms with Crippen LogP contribution in [0.5, 0.6) is 0 Å². The lowest BCUT2D eigenvalue weighted by Crippen LogP contribution is -2.48. The van der Waals surface area contributed by atoms with Crippen LogP contribution < -0.4 is 5.32 Å². The first-order valence-corrected chi connectivity index (χ1v) is 8.41. The zero-order valence-electron chi connectivity index (χ0n) is 15.8. The molecule has 0 aliphatic carbocycles. The molecular weight excluding hydrogens is 302 g/mol. The standard InChI is InChI=1S/C19H31N3O2/c1-15(2)22(12-16-10-8-7-9-11-16)14-18(24)21(6)13-17(23)20-19(3,4)5/h7-11,15H,12-14H2,1-6H3,(H,20,23). The molecule has 1 aromatic rings. The molecule has 24 heavy (non-hydrogen) atoms. The molecule has 0 heterocycles. The van der Waals surface area contributed by atoms with Gasteiger partial charge in [0, 0.05) is 25.2 Å². The zero-order valence-corrected chi connectivity index (χ0v) is 15.8. The van der Waals surface area contributed by atoms with Crippen LogP contribution in [-0.4, -0.2) is 53.3 Å². The minimum atomic E-state index is -0.293. The van der Waals surface area contributed by atoms with Crippen molar-refractivity contribution < 1.29 is 9.59 Å². The summed E-state index contributed by atoms with van der Waals surface area (Å²) in [6, 6.07) is 10.3. The molecule has 0 saturated carbocycles. The van der Waals surface area contributed by atoms with E-state index in [0.29, 0.717) is 13.1 Å². The fourth-order valence-electron chi connectivity index (χ4n) is 2.29. The van der Waals surface area contributed by atoms with Gasteiger partial charge < -0.3 is 10.2 Å². The Morgan fingerprint density at radius 3 is 2.17 bits per heavy atom. The summed E-state index contributed by atoms with van der Waals surface area (Å²) in [5, 5.41) is 2.87. The van der Waals surface area contributed by atoms with Crippen molar-refractivity contribution in [1.29, 1.82) is 0 Å². The number of nitrogens with one attached hydrogen (secondary N) is 1. The van der Waals surface area contributed by atoms with Gasteiger partial charge in [-0.1, -0.05) is 30.3 Å². The van der Waals surface area contributed by atoms with Gasteiger partial charge in [0.1, 0.15) is 0 Å². The minimum Gasteiger partial charge on any atom is -0.350 e. The summed E-state index contributed by atoms with van der Waals surface area (Å²) < 4.78 is 0. The van der Waals surface area contributed by atoms with Gasteiger partial charge >= 0.3 is 0 Å². The second kappa shape index (κ2) is 8.83. The van der Waals surface area contributed by atoms with E-state index in [2.05, 4.69) is 36.2 Å². The molecule has 1 rings (SSSR count). The van der Waals surface area contributed by atoms with Crippen molar-refractivity contribution >= 4 is 11.8 Å². The van der Waals surface area contributed by atoms with E-state index >= 15 is 0 Å². The number of nitrogens with zero attached hydrogens (tertiary/aromatic N) is 2. The second-order valence-electron chi connectivity index (χ2n) is 7.53. The van der Waals surface area contributed by atoms with Gasteiger partial charge in [-0.15, -0.1) is 0 Å². The average Bonchev–Trinajstić information content (AvgIpc) is 2.45. The number of benzene rings is 1. The van der Waals surface area contributed by atoms with Crippen LogP contribution in [0.1, 0.15) is 40.2 Å². The molecule has 0 unspecified atom stereocenters. The maximum atomic E-state index is 12.5. The summed E-state index contributed by atoms with van der Waals surface area (Å²) >= 11 is 0. The van der Waals surface area contributed by atoms with Gasteiger partial charge in [0.25, 0.3) is 0 Å². The van der Waals surface area contributed by atoms with E-state index in [1.807, 2.05) is 39.0 Å². The molecule has 2 amide bonds. The molecule has 0 bridgehead atoms. The fourth-order valence-corrected chi connectivity index (χ4v) is 2.29. The van der Waals surface area contributed by atoms with Gasteiger partial charge in [0.15, 0.2) is 0 Å². The molecule has 1 N–H and O–H groups in total. The van der Waals surface area contributed by atoms with E-state index in [-0.39, 0.29) is 29.9 Å². The van der Waals surface area contributed by atoms with Crippen molar-refractivity contribution in [3.05, 3.63) is 35.9 Å². The average molecular weight is 333 g/mol. The van der Waals surface area contributed by atoms with Crippen LogP contribution in [0.25, 0.3) is 0 Å². The Hall–Kier alpha value is -1.88. The number of hydrogen-bond donors (Lipinski definition) is 1. The third-order valence-electron chi connectivity index (χ3n) is 3.62. The maximum Gasteiger partial charge on any atom is 0.240 e. The highest BCUT2D eigenvalue weighted by atomic mass is 16.2. The highest BCUT2D eigenvalue weighted by molar-refractivity contribution is 5.85. The SMILES string of the molecule is CC(C)N(CC(=O)N(C)CC(=O)NC(C)(C)C)Cc1ccccc1. The lowest BCUT2D eigenvalue weighted by Gasteiger charge is -2.29. The summed E-state index contributed by atoms with van der Waals surface area (Å²) in [5.41, 5.74) is 0.880. The number of carbonyl (C=O) groups excluding carboxylic acids is 2. The number of hydrogen-bond acceptors (Lipinski definition) is 3. The Morgan fingerprint density at radius 2 is 1.67 bits per heavy atom. The van der Waals surface area contributed by atoms with Crippen LogP contribution >= 0.6 is 0 Å². The smallest absolute Gasteiger partial charge is 0.240 e.